The van der Waals surface area contributed by atoms with Crippen molar-refractivity contribution in [2.75, 3.05) is 19.4 Å². The van der Waals surface area contributed by atoms with E-state index in [1.807, 2.05) is 6.92 Å². The molecule has 0 saturated heterocycles. The number of esters is 2. The second-order valence-corrected chi connectivity index (χ2v) is 13.8. The van der Waals surface area contributed by atoms with Crippen LogP contribution < -0.4 is 4.52 Å². The van der Waals surface area contributed by atoms with Crippen LogP contribution in [0.1, 0.15) is 143 Å². The zero-order chi connectivity index (χ0) is 33.2. The van der Waals surface area contributed by atoms with Crippen LogP contribution in [0.25, 0.3) is 0 Å². The van der Waals surface area contributed by atoms with Gasteiger partial charge in [0.05, 0.1) is 17.7 Å². The predicted octanol–water partition coefficient (Wildman–Crippen LogP) is 10.1. The largest absolute Gasteiger partial charge is 0.462 e. The van der Waals surface area contributed by atoms with E-state index in [9.17, 15) is 24.3 Å². The molecule has 0 aromatic heterocycles. The first-order valence-corrected chi connectivity index (χ1v) is 19.0. The molecule has 10 nitrogen and oxygen atoms in total. The summed E-state index contributed by atoms with van der Waals surface area (Å²) in [5, 5.41) is 11.0. The molecule has 0 aliphatic carbocycles. The average Bonchev–Trinajstić information content (AvgIpc) is 3.02. The SMILES string of the molecule is CCCCCCCCCC(=O)OC[C@@H](CO[P@](=O)(CCCCC)Oc1ccc([N+](=O)[O-])cc1)OC(=O)CCCCCCCCC. The van der Waals surface area contributed by atoms with E-state index >= 15 is 0 Å². The van der Waals surface area contributed by atoms with Crippen LogP contribution >= 0.6 is 7.60 Å². The van der Waals surface area contributed by atoms with Gasteiger partial charge in [0.15, 0.2) is 6.10 Å². The maximum atomic E-state index is 13.8. The predicted molar refractivity (Wildman–Crippen MR) is 178 cm³/mol. The van der Waals surface area contributed by atoms with E-state index in [0.29, 0.717) is 12.8 Å². The first-order valence-electron chi connectivity index (χ1n) is 17.3. The molecule has 11 heteroatoms. The van der Waals surface area contributed by atoms with Crippen molar-refractivity contribution in [1.29, 1.82) is 0 Å². The highest BCUT2D eigenvalue weighted by Crippen LogP contribution is 2.49. The molecule has 0 heterocycles. The number of nitro groups is 1. The molecule has 1 aromatic rings. The second kappa shape index (κ2) is 25.7. The maximum Gasteiger partial charge on any atom is 0.379 e. The summed E-state index contributed by atoms with van der Waals surface area (Å²) in [6.07, 6.45) is 17.0. The summed E-state index contributed by atoms with van der Waals surface area (Å²) in [6, 6.07) is 5.29. The molecule has 0 amide bonds. The molecule has 0 radical (unpaired) electrons. The molecule has 258 valence electrons. The second-order valence-electron chi connectivity index (χ2n) is 11.7. The fourth-order valence-electron chi connectivity index (χ4n) is 4.75. The molecule has 0 fully saturated rings. The van der Waals surface area contributed by atoms with Crippen LogP contribution in [-0.2, 0) is 28.2 Å². The van der Waals surface area contributed by atoms with E-state index in [1.165, 1.54) is 62.8 Å². The zero-order valence-corrected chi connectivity index (χ0v) is 28.9. The van der Waals surface area contributed by atoms with Gasteiger partial charge in [0.1, 0.15) is 12.4 Å². The topological polar surface area (TPSA) is 131 Å². The Balaban J connectivity index is 2.78. The number of non-ortho nitro benzene ring substituents is 1. The molecule has 0 saturated carbocycles. The van der Waals surface area contributed by atoms with Crippen molar-refractivity contribution in [3.8, 4) is 5.75 Å². The molecule has 45 heavy (non-hydrogen) atoms. The maximum absolute atomic E-state index is 13.8. The van der Waals surface area contributed by atoms with Gasteiger partial charge >= 0.3 is 19.5 Å². The van der Waals surface area contributed by atoms with Gasteiger partial charge in [-0.3, -0.25) is 24.2 Å². The first-order chi connectivity index (χ1) is 21.7. The van der Waals surface area contributed by atoms with E-state index in [0.717, 1.165) is 57.8 Å². The highest BCUT2D eigenvalue weighted by atomic mass is 31.2. The summed E-state index contributed by atoms with van der Waals surface area (Å²) in [7, 11) is -3.73. The van der Waals surface area contributed by atoms with Gasteiger partial charge in [-0.1, -0.05) is 111 Å². The van der Waals surface area contributed by atoms with Crippen molar-refractivity contribution in [3.05, 3.63) is 34.4 Å². The lowest BCUT2D eigenvalue weighted by Crippen LogP contribution is -2.30. The van der Waals surface area contributed by atoms with Gasteiger partial charge in [-0.25, -0.2) is 4.57 Å². The number of hydrogen-bond donors (Lipinski definition) is 0. The lowest BCUT2D eigenvalue weighted by molar-refractivity contribution is -0.384. The van der Waals surface area contributed by atoms with Crippen LogP contribution in [0, 0.1) is 10.1 Å². The highest BCUT2D eigenvalue weighted by molar-refractivity contribution is 7.54. The van der Waals surface area contributed by atoms with Gasteiger partial charge in [-0.05, 0) is 31.4 Å². The van der Waals surface area contributed by atoms with Crippen molar-refractivity contribution >= 4 is 25.2 Å². The summed E-state index contributed by atoms with van der Waals surface area (Å²) < 4.78 is 36.4. The molecule has 0 aliphatic heterocycles. The van der Waals surface area contributed by atoms with Gasteiger partial charge in [0.2, 0.25) is 0 Å². The standard InChI is InChI=1S/C34H58NO9P/c1-4-7-10-12-14-16-18-21-33(36)41-28-32(43-34(37)22-19-17-15-13-11-8-5-2)29-42-45(40,27-20-9-6-3)44-31-25-23-30(24-26-31)35(38)39/h23-26,32H,4-22,27-29H2,1-3H3/t32-,45+/m0/s1. The summed E-state index contributed by atoms with van der Waals surface area (Å²) in [6.45, 7) is 5.90. The third-order valence-electron chi connectivity index (χ3n) is 7.48. The number of benzene rings is 1. The van der Waals surface area contributed by atoms with E-state index in [2.05, 4.69) is 13.8 Å². The number of hydrogen-bond acceptors (Lipinski definition) is 9. The summed E-state index contributed by atoms with van der Waals surface area (Å²) in [5.41, 5.74) is -0.115. The lowest BCUT2D eigenvalue weighted by Gasteiger charge is -2.23. The first kappa shape index (κ1) is 40.6. The molecule has 1 aromatic carbocycles. The van der Waals surface area contributed by atoms with Crippen LogP contribution in [0.3, 0.4) is 0 Å². The van der Waals surface area contributed by atoms with Crippen molar-refractivity contribution in [2.45, 2.75) is 149 Å². The van der Waals surface area contributed by atoms with Crippen molar-refractivity contribution in [2.24, 2.45) is 0 Å². The molecule has 1 rings (SSSR count). The fourth-order valence-corrected chi connectivity index (χ4v) is 6.47. The number of unbranched alkanes of at least 4 members (excludes halogenated alkanes) is 14. The molecule has 0 spiro atoms. The van der Waals surface area contributed by atoms with Crippen molar-refractivity contribution < 1.29 is 37.6 Å². The Morgan fingerprint density at radius 1 is 0.711 bits per heavy atom. The van der Waals surface area contributed by atoms with Gasteiger partial charge < -0.3 is 14.0 Å². The van der Waals surface area contributed by atoms with E-state index in [1.54, 1.807) is 0 Å². The van der Waals surface area contributed by atoms with E-state index in [-0.39, 0.29) is 49.6 Å². The molecular formula is C34H58NO9P. The molecule has 0 aliphatic rings. The number of nitrogens with zero attached hydrogens (tertiary/aromatic N) is 1. The normalized spacial score (nSPS) is 13.1. The lowest BCUT2D eigenvalue weighted by atomic mass is 10.1. The Labute approximate surface area is 271 Å². The van der Waals surface area contributed by atoms with Crippen LogP contribution in [-0.4, -0.2) is 42.3 Å². The number of ether oxygens (including phenoxy) is 2. The highest BCUT2D eigenvalue weighted by Gasteiger charge is 2.29. The summed E-state index contributed by atoms with van der Waals surface area (Å²) >= 11 is 0. The van der Waals surface area contributed by atoms with Crippen molar-refractivity contribution in [3.63, 3.8) is 0 Å². The number of rotatable bonds is 29. The average molecular weight is 656 g/mol. The monoisotopic (exact) mass is 655 g/mol. The Morgan fingerprint density at radius 3 is 1.73 bits per heavy atom. The van der Waals surface area contributed by atoms with Crippen LogP contribution in [0.5, 0.6) is 5.75 Å². The molecule has 0 unspecified atom stereocenters. The van der Waals surface area contributed by atoms with E-state index < -0.39 is 24.6 Å². The van der Waals surface area contributed by atoms with E-state index in [4.69, 9.17) is 18.5 Å². The van der Waals surface area contributed by atoms with Gasteiger partial charge in [-0.2, -0.15) is 0 Å². The minimum atomic E-state index is -3.73. The van der Waals surface area contributed by atoms with Gasteiger partial charge in [-0.15, -0.1) is 0 Å². The molecular weight excluding hydrogens is 597 g/mol. The molecule has 0 N–H and O–H groups in total. The third kappa shape index (κ3) is 21.1. The third-order valence-corrected chi connectivity index (χ3v) is 9.38. The van der Waals surface area contributed by atoms with Gasteiger partial charge in [0, 0.05) is 25.0 Å². The fraction of sp³-hybridized carbons (Fsp3) is 0.765. The van der Waals surface area contributed by atoms with Crippen molar-refractivity contribution in [1.82, 2.24) is 0 Å². The van der Waals surface area contributed by atoms with Gasteiger partial charge in [0.25, 0.3) is 5.69 Å². The zero-order valence-electron chi connectivity index (χ0n) is 28.0. The summed E-state index contributed by atoms with van der Waals surface area (Å²) in [4.78, 5) is 35.6. The number of carbonyl (C=O) groups excluding carboxylic acids is 2. The minimum Gasteiger partial charge on any atom is -0.462 e. The Hall–Kier alpha value is -2.45. The molecule has 2 atom stereocenters. The molecule has 0 bridgehead atoms. The summed E-state index contributed by atoms with van der Waals surface area (Å²) in [5.74, 6) is -0.614. The van der Waals surface area contributed by atoms with Crippen LogP contribution in [0.15, 0.2) is 24.3 Å². The quantitative estimate of drug-likeness (QED) is 0.0272. The smallest absolute Gasteiger partial charge is 0.379 e. The van der Waals surface area contributed by atoms with Crippen LogP contribution in [0.2, 0.25) is 0 Å². The number of carbonyl (C=O) groups is 2. The number of nitro benzene ring substituents is 1. The Morgan fingerprint density at radius 2 is 1.20 bits per heavy atom. The van der Waals surface area contributed by atoms with Crippen LogP contribution in [0.4, 0.5) is 5.69 Å². The Kier molecular flexibility index (Phi) is 23.2. The minimum absolute atomic E-state index is 0.115. The Bertz CT molecular complexity index is 986.